The molecular weight excluding hydrogens is 363 g/mol. The van der Waals surface area contributed by atoms with Crippen LogP contribution < -0.4 is 10.9 Å². The van der Waals surface area contributed by atoms with Gasteiger partial charge in [-0.05, 0) is 48.9 Å². The summed E-state index contributed by atoms with van der Waals surface area (Å²) in [6.45, 7) is 1.90. The van der Waals surface area contributed by atoms with Crippen molar-refractivity contribution >= 4 is 38.4 Å². The molecule has 0 fully saturated rings. The maximum absolute atomic E-state index is 13.5. The van der Waals surface area contributed by atoms with Crippen molar-refractivity contribution in [3.05, 3.63) is 74.2 Å². The summed E-state index contributed by atoms with van der Waals surface area (Å²) in [5.74, 6) is -0.938. The Balaban J connectivity index is 2.05. The van der Waals surface area contributed by atoms with Crippen LogP contribution in [0.2, 0.25) is 0 Å². The largest absolute Gasteiger partial charge is 0.322 e. The van der Waals surface area contributed by atoms with E-state index in [9.17, 15) is 14.0 Å². The topological polar surface area (TPSA) is 62.0 Å². The summed E-state index contributed by atoms with van der Waals surface area (Å²) in [6.07, 6.45) is 0. The second kappa shape index (κ2) is 5.96. The van der Waals surface area contributed by atoms with Crippen LogP contribution >= 0.6 is 15.9 Å². The fourth-order valence-electron chi connectivity index (χ4n) is 2.33. The number of carbonyl (C=O) groups is 1. The number of fused-ring (bicyclic) bond motifs is 1. The highest BCUT2D eigenvalue weighted by Gasteiger charge is 2.13. The zero-order chi connectivity index (χ0) is 16.6. The Hall–Kier alpha value is -2.47. The Bertz CT molecular complexity index is 982. The Morgan fingerprint density at radius 2 is 1.96 bits per heavy atom. The van der Waals surface area contributed by atoms with Crippen LogP contribution in [-0.2, 0) is 0 Å². The van der Waals surface area contributed by atoms with Crippen LogP contribution in [0.3, 0.4) is 0 Å². The molecule has 6 heteroatoms. The van der Waals surface area contributed by atoms with E-state index in [-0.39, 0.29) is 5.56 Å². The van der Waals surface area contributed by atoms with Crippen LogP contribution in [0.5, 0.6) is 0 Å². The van der Waals surface area contributed by atoms with Crippen molar-refractivity contribution < 1.29 is 9.18 Å². The molecule has 0 aliphatic carbocycles. The number of anilines is 1. The number of aromatic amines is 1. The smallest absolute Gasteiger partial charge is 0.256 e. The number of pyridine rings is 1. The minimum atomic E-state index is -0.474. The molecule has 0 aliphatic heterocycles. The van der Waals surface area contributed by atoms with Gasteiger partial charge < -0.3 is 10.3 Å². The predicted octanol–water partition coefficient (Wildman–Crippen LogP) is 3.99. The van der Waals surface area contributed by atoms with Gasteiger partial charge in [-0.2, -0.15) is 0 Å². The van der Waals surface area contributed by atoms with Crippen LogP contribution in [0.4, 0.5) is 10.1 Å². The third kappa shape index (κ3) is 3.17. The molecule has 23 heavy (non-hydrogen) atoms. The van der Waals surface area contributed by atoms with Crippen molar-refractivity contribution in [1.29, 1.82) is 0 Å². The minimum Gasteiger partial charge on any atom is -0.322 e. The summed E-state index contributed by atoms with van der Waals surface area (Å²) in [6, 6.07) is 10.4. The first-order chi connectivity index (χ1) is 10.9. The van der Waals surface area contributed by atoms with E-state index in [1.54, 1.807) is 12.1 Å². The molecule has 0 radical (unpaired) electrons. The molecule has 0 spiro atoms. The van der Waals surface area contributed by atoms with E-state index in [2.05, 4.69) is 26.2 Å². The van der Waals surface area contributed by atoms with Crippen LogP contribution in [-0.4, -0.2) is 10.9 Å². The number of benzene rings is 2. The Labute approximate surface area is 139 Å². The number of amides is 1. The van der Waals surface area contributed by atoms with Crippen LogP contribution in [0.1, 0.15) is 15.9 Å². The van der Waals surface area contributed by atoms with Gasteiger partial charge in [-0.1, -0.05) is 15.9 Å². The molecule has 1 amide bonds. The van der Waals surface area contributed by atoms with E-state index in [0.717, 1.165) is 10.0 Å². The SMILES string of the molecule is Cc1cc(NC(=O)c2cc(=O)[nH]c3ccc(F)cc23)ccc1Br. The van der Waals surface area contributed by atoms with Gasteiger partial charge >= 0.3 is 0 Å². The van der Waals surface area contributed by atoms with Crippen LogP contribution in [0, 0.1) is 12.7 Å². The molecule has 0 saturated heterocycles. The highest BCUT2D eigenvalue weighted by Crippen LogP contribution is 2.22. The van der Waals surface area contributed by atoms with Crippen molar-refractivity contribution in [1.82, 2.24) is 4.98 Å². The summed E-state index contributed by atoms with van der Waals surface area (Å²) < 4.78 is 14.4. The third-order valence-corrected chi connectivity index (χ3v) is 4.36. The van der Waals surface area contributed by atoms with E-state index in [1.807, 2.05) is 13.0 Å². The van der Waals surface area contributed by atoms with Gasteiger partial charge in [0.05, 0.1) is 5.56 Å². The first kappa shape index (κ1) is 15.4. The van der Waals surface area contributed by atoms with Crippen molar-refractivity contribution in [3.63, 3.8) is 0 Å². The number of halogens is 2. The van der Waals surface area contributed by atoms with Gasteiger partial charge in [0, 0.05) is 27.1 Å². The molecule has 2 aromatic carbocycles. The number of H-pyrrole nitrogens is 1. The van der Waals surface area contributed by atoms with E-state index in [1.165, 1.54) is 24.3 Å². The lowest BCUT2D eigenvalue weighted by Crippen LogP contribution is -2.17. The van der Waals surface area contributed by atoms with Gasteiger partial charge in [-0.25, -0.2) is 4.39 Å². The molecule has 0 atom stereocenters. The summed E-state index contributed by atoms with van der Waals surface area (Å²) in [5.41, 5.74) is 1.69. The third-order valence-electron chi connectivity index (χ3n) is 3.47. The van der Waals surface area contributed by atoms with E-state index >= 15 is 0 Å². The second-order valence-electron chi connectivity index (χ2n) is 5.16. The monoisotopic (exact) mass is 374 g/mol. The first-order valence-corrected chi connectivity index (χ1v) is 7.63. The predicted molar refractivity (Wildman–Crippen MR) is 91.4 cm³/mol. The highest BCUT2D eigenvalue weighted by molar-refractivity contribution is 9.10. The summed E-state index contributed by atoms with van der Waals surface area (Å²) >= 11 is 3.39. The summed E-state index contributed by atoms with van der Waals surface area (Å²) in [4.78, 5) is 26.8. The van der Waals surface area contributed by atoms with Gasteiger partial charge in [0.2, 0.25) is 5.56 Å². The second-order valence-corrected chi connectivity index (χ2v) is 6.01. The van der Waals surface area contributed by atoms with E-state index in [0.29, 0.717) is 16.6 Å². The number of hydrogen-bond acceptors (Lipinski definition) is 2. The van der Waals surface area contributed by atoms with Crippen LogP contribution in [0.15, 0.2) is 51.7 Å². The average Bonchev–Trinajstić information content (AvgIpc) is 2.50. The fraction of sp³-hybridized carbons (Fsp3) is 0.0588. The quantitative estimate of drug-likeness (QED) is 0.712. The number of nitrogens with one attached hydrogen (secondary N) is 2. The Morgan fingerprint density at radius 3 is 2.70 bits per heavy atom. The number of carbonyl (C=O) groups excluding carboxylic acids is 1. The highest BCUT2D eigenvalue weighted by atomic mass is 79.9. The average molecular weight is 375 g/mol. The van der Waals surface area contributed by atoms with Crippen molar-refractivity contribution in [2.75, 3.05) is 5.32 Å². The molecular formula is C17H12BrFN2O2. The molecule has 4 nitrogen and oxygen atoms in total. The fourth-order valence-corrected chi connectivity index (χ4v) is 2.58. The maximum Gasteiger partial charge on any atom is 0.256 e. The molecule has 2 N–H and O–H groups in total. The lowest BCUT2D eigenvalue weighted by Gasteiger charge is -2.09. The standard InChI is InChI=1S/C17H12BrFN2O2/c1-9-6-11(3-4-14(9)18)20-17(23)13-8-16(22)21-15-5-2-10(19)7-12(13)15/h2-8H,1H3,(H,20,23)(H,21,22). The van der Waals surface area contributed by atoms with Gasteiger partial charge in [-0.3, -0.25) is 9.59 Å². The van der Waals surface area contributed by atoms with Crippen molar-refractivity contribution in [2.24, 2.45) is 0 Å². The van der Waals surface area contributed by atoms with Gasteiger partial charge in [-0.15, -0.1) is 0 Å². The first-order valence-electron chi connectivity index (χ1n) is 6.84. The number of hydrogen-bond donors (Lipinski definition) is 2. The zero-order valence-corrected chi connectivity index (χ0v) is 13.7. The normalized spacial score (nSPS) is 10.7. The molecule has 3 rings (SSSR count). The van der Waals surface area contributed by atoms with Crippen molar-refractivity contribution in [2.45, 2.75) is 6.92 Å². The lowest BCUT2D eigenvalue weighted by molar-refractivity contribution is 0.102. The molecule has 0 unspecified atom stereocenters. The molecule has 116 valence electrons. The van der Waals surface area contributed by atoms with Crippen molar-refractivity contribution in [3.8, 4) is 0 Å². The van der Waals surface area contributed by atoms with Gasteiger partial charge in [0.1, 0.15) is 5.82 Å². The van der Waals surface area contributed by atoms with Gasteiger partial charge in [0.25, 0.3) is 5.91 Å². The molecule has 1 heterocycles. The number of rotatable bonds is 2. The lowest BCUT2D eigenvalue weighted by atomic mass is 10.1. The Kier molecular flexibility index (Phi) is 4.00. The molecule has 1 aromatic heterocycles. The van der Waals surface area contributed by atoms with Gasteiger partial charge in [0.15, 0.2) is 0 Å². The van der Waals surface area contributed by atoms with E-state index < -0.39 is 17.3 Å². The molecule has 0 saturated carbocycles. The number of aryl methyl sites for hydroxylation is 1. The van der Waals surface area contributed by atoms with E-state index in [4.69, 9.17) is 0 Å². The summed E-state index contributed by atoms with van der Waals surface area (Å²) in [7, 11) is 0. The number of aromatic nitrogens is 1. The maximum atomic E-state index is 13.5. The Morgan fingerprint density at radius 1 is 1.17 bits per heavy atom. The zero-order valence-electron chi connectivity index (χ0n) is 12.1. The van der Waals surface area contributed by atoms with Crippen LogP contribution in [0.25, 0.3) is 10.9 Å². The molecule has 0 aliphatic rings. The molecule has 3 aromatic rings. The molecule has 0 bridgehead atoms. The minimum absolute atomic E-state index is 0.129. The summed E-state index contributed by atoms with van der Waals surface area (Å²) in [5, 5.41) is 3.09.